The van der Waals surface area contributed by atoms with E-state index >= 15 is 0 Å². The first kappa shape index (κ1) is 15.6. The summed E-state index contributed by atoms with van der Waals surface area (Å²) in [6.07, 6.45) is 3.58. The van der Waals surface area contributed by atoms with Crippen molar-refractivity contribution in [3.63, 3.8) is 0 Å². The molecule has 1 aromatic heterocycles. The van der Waals surface area contributed by atoms with Gasteiger partial charge in [0.1, 0.15) is 10.7 Å². The van der Waals surface area contributed by atoms with Gasteiger partial charge < -0.3 is 5.32 Å². The lowest BCUT2D eigenvalue weighted by Crippen LogP contribution is -2.31. The van der Waals surface area contributed by atoms with E-state index in [9.17, 15) is 8.42 Å². The molecule has 1 fully saturated rings. The summed E-state index contributed by atoms with van der Waals surface area (Å²) in [7, 11) is -3.44. The number of hydrogen-bond donors (Lipinski definition) is 2. The fourth-order valence-electron chi connectivity index (χ4n) is 2.09. The van der Waals surface area contributed by atoms with E-state index in [0.717, 1.165) is 30.9 Å². The predicted molar refractivity (Wildman–Crippen MR) is 83.6 cm³/mol. The highest BCUT2D eigenvalue weighted by atomic mass is 32.2. The highest BCUT2D eigenvalue weighted by molar-refractivity contribution is 7.99. The fourth-order valence-corrected chi connectivity index (χ4v) is 4.35. The first-order chi connectivity index (χ1) is 9.62. The van der Waals surface area contributed by atoms with Crippen LogP contribution in [0.4, 0.5) is 5.82 Å². The molecule has 1 aliphatic heterocycles. The maximum Gasteiger partial charge on any atom is 0.242 e. The van der Waals surface area contributed by atoms with Gasteiger partial charge in [-0.1, -0.05) is 0 Å². The van der Waals surface area contributed by atoms with Crippen molar-refractivity contribution in [2.45, 2.75) is 24.7 Å². The smallest absolute Gasteiger partial charge is 0.242 e. The highest BCUT2D eigenvalue weighted by Gasteiger charge is 2.19. The predicted octanol–water partition coefficient (Wildman–Crippen LogP) is 1.93. The van der Waals surface area contributed by atoms with Gasteiger partial charge >= 0.3 is 0 Å². The number of pyridine rings is 1. The number of sulfonamides is 1. The summed E-state index contributed by atoms with van der Waals surface area (Å²) in [4.78, 5) is 4.32. The molecule has 0 bridgehead atoms. The molecule has 1 aromatic rings. The quantitative estimate of drug-likeness (QED) is 0.839. The SMILES string of the molecule is CCNc1ccc(S(=O)(=O)NCC2CCSCC2)cn1. The van der Waals surface area contributed by atoms with Crippen LogP contribution in [0.25, 0.3) is 0 Å². The zero-order valence-corrected chi connectivity index (χ0v) is 13.3. The first-order valence-electron chi connectivity index (χ1n) is 6.89. The van der Waals surface area contributed by atoms with Crippen LogP contribution in [0.15, 0.2) is 23.2 Å². The van der Waals surface area contributed by atoms with Gasteiger partial charge in [-0.15, -0.1) is 0 Å². The van der Waals surface area contributed by atoms with Gasteiger partial charge in [-0.25, -0.2) is 18.1 Å². The standard InChI is InChI=1S/C13H21N3O2S2/c1-2-14-13-4-3-12(10-15-13)20(17,18)16-9-11-5-7-19-8-6-11/h3-4,10-11,16H,2,5-9H2,1H3,(H,14,15). The van der Waals surface area contributed by atoms with Gasteiger partial charge in [0.15, 0.2) is 0 Å². The van der Waals surface area contributed by atoms with E-state index in [2.05, 4.69) is 15.0 Å². The second-order valence-electron chi connectivity index (χ2n) is 4.82. The van der Waals surface area contributed by atoms with Crippen molar-refractivity contribution in [3.05, 3.63) is 18.3 Å². The highest BCUT2D eigenvalue weighted by Crippen LogP contribution is 2.22. The second kappa shape index (κ2) is 7.28. The van der Waals surface area contributed by atoms with Gasteiger partial charge in [0.2, 0.25) is 10.0 Å². The summed E-state index contributed by atoms with van der Waals surface area (Å²) in [6.45, 7) is 3.26. The average molecular weight is 315 g/mol. The molecule has 112 valence electrons. The summed E-state index contributed by atoms with van der Waals surface area (Å²) in [5, 5.41) is 3.04. The second-order valence-corrected chi connectivity index (χ2v) is 7.81. The van der Waals surface area contributed by atoms with Crippen molar-refractivity contribution in [2.75, 3.05) is 29.9 Å². The average Bonchev–Trinajstić information content (AvgIpc) is 2.47. The van der Waals surface area contributed by atoms with E-state index in [1.54, 1.807) is 12.1 Å². The first-order valence-corrected chi connectivity index (χ1v) is 9.53. The molecule has 0 aromatic carbocycles. The number of nitrogens with zero attached hydrogens (tertiary/aromatic N) is 1. The molecule has 2 N–H and O–H groups in total. The lowest BCUT2D eigenvalue weighted by atomic mass is 10.0. The van der Waals surface area contributed by atoms with E-state index < -0.39 is 10.0 Å². The third kappa shape index (κ3) is 4.36. The zero-order chi connectivity index (χ0) is 14.4. The van der Waals surface area contributed by atoms with Crippen LogP contribution < -0.4 is 10.0 Å². The van der Waals surface area contributed by atoms with Crippen LogP contribution in [0.5, 0.6) is 0 Å². The van der Waals surface area contributed by atoms with Crippen LogP contribution in [0.1, 0.15) is 19.8 Å². The molecule has 0 spiro atoms. The molecule has 7 heteroatoms. The molecule has 2 heterocycles. The van der Waals surface area contributed by atoms with Crippen LogP contribution >= 0.6 is 11.8 Å². The van der Waals surface area contributed by atoms with Gasteiger partial charge in [0.05, 0.1) is 0 Å². The Hall–Kier alpha value is -0.790. The van der Waals surface area contributed by atoms with Crippen molar-refractivity contribution < 1.29 is 8.42 Å². The molecule has 0 unspecified atom stereocenters. The van der Waals surface area contributed by atoms with E-state index in [0.29, 0.717) is 18.3 Å². The van der Waals surface area contributed by atoms with Gasteiger partial charge in [-0.2, -0.15) is 11.8 Å². The Bertz CT molecular complexity index is 511. The summed E-state index contributed by atoms with van der Waals surface area (Å²) in [5.41, 5.74) is 0. The van der Waals surface area contributed by atoms with Crippen molar-refractivity contribution in [2.24, 2.45) is 5.92 Å². The van der Waals surface area contributed by atoms with E-state index in [1.165, 1.54) is 6.20 Å². The topological polar surface area (TPSA) is 71.1 Å². The molecule has 0 amide bonds. The Morgan fingerprint density at radius 3 is 2.70 bits per heavy atom. The van der Waals surface area contributed by atoms with Gasteiger partial charge in [-0.05, 0) is 49.3 Å². The summed E-state index contributed by atoms with van der Waals surface area (Å²) >= 11 is 1.94. The van der Waals surface area contributed by atoms with Crippen LogP contribution in [-0.2, 0) is 10.0 Å². The molecular weight excluding hydrogens is 294 g/mol. The minimum absolute atomic E-state index is 0.226. The largest absolute Gasteiger partial charge is 0.370 e. The zero-order valence-electron chi connectivity index (χ0n) is 11.6. The number of nitrogens with one attached hydrogen (secondary N) is 2. The molecule has 0 radical (unpaired) electrons. The van der Waals surface area contributed by atoms with Gasteiger partial charge in [-0.3, -0.25) is 0 Å². The van der Waals surface area contributed by atoms with Gasteiger partial charge in [0, 0.05) is 19.3 Å². The molecule has 0 atom stereocenters. The molecule has 0 saturated carbocycles. The van der Waals surface area contributed by atoms with E-state index in [-0.39, 0.29) is 4.90 Å². The van der Waals surface area contributed by atoms with Crippen molar-refractivity contribution in [1.29, 1.82) is 0 Å². The molecule has 20 heavy (non-hydrogen) atoms. The normalized spacial score (nSPS) is 17.1. The fraction of sp³-hybridized carbons (Fsp3) is 0.615. The maximum atomic E-state index is 12.2. The summed E-state index contributed by atoms with van der Waals surface area (Å²) in [6, 6.07) is 3.28. The number of anilines is 1. The Morgan fingerprint density at radius 1 is 1.35 bits per heavy atom. The van der Waals surface area contributed by atoms with E-state index in [1.807, 2.05) is 18.7 Å². The Labute approximate surface area is 125 Å². The lowest BCUT2D eigenvalue weighted by molar-refractivity contribution is 0.476. The van der Waals surface area contributed by atoms with Crippen LogP contribution in [-0.4, -0.2) is 38.0 Å². The number of aromatic nitrogens is 1. The van der Waals surface area contributed by atoms with Crippen molar-refractivity contribution in [3.8, 4) is 0 Å². The van der Waals surface area contributed by atoms with Crippen LogP contribution in [0.3, 0.4) is 0 Å². The minimum atomic E-state index is -3.44. The number of rotatable bonds is 6. The third-order valence-corrected chi connectivity index (χ3v) is 5.76. The maximum absolute atomic E-state index is 12.2. The Balaban J connectivity index is 1.94. The van der Waals surface area contributed by atoms with Crippen LogP contribution in [0, 0.1) is 5.92 Å². The van der Waals surface area contributed by atoms with Crippen LogP contribution in [0.2, 0.25) is 0 Å². The van der Waals surface area contributed by atoms with E-state index in [4.69, 9.17) is 0 Å². The molecule has 1 aliphatic rings. The third-order valence-electron chi connectivity index (χ3n) is 3.31. The lowest BCUT2D eigenvalue weighted by Gasteiger charge is -2.21. The summed E-state index contributed by atoms with van der Waals surface area (Å²) in [5.74, 6) is 3.41. The number of hydrogen-bond acceptors (Lipinski definition) is 5. The van der Waals surface area contributed by atoms with Crippen molar-refractivity contribution >= 4 is 27.6 Å². The summed E-state index contributed by atoms with van der Waals surface area (Å²) < 4.78 is 27.0. The van der Waals surface area contributed by atoms with Crippen molar-refractivity contribution in [1.82, 2.24) is 9.71 Å². The minimum Gasteiger partial charge on any atom is -0.370 e. The molecule has 2 rings (SSSR count). The molecular formula is C13H21N3O2S2. The Kier molecular flexibility index (Phi) is 5.68. The monoisotopic (exact) mass is 315 g/mol. The molecule has 0 aliphatic carbocycles. The molecule has 1 saturated heterocycles. The Morgan fingerprint density at radius 2 is 2.10 bits per heavy atom. The van der Waals surface area contributed by atoms with Gasteiger partial charge in [0.25, 0.3) is 0 Å². The molecule has 5 nitrogen and oxygen atoms in total. The number of thioether (sulfide) groups is 1.